The van der Waals surface area contributed by atoms with Gasteiger partial charge in [-0.2, -0.15) is 0 Å². The molecule has 3 saturated carbocycles. The Morgan fingerprint density at radius 3 is 2.66 bits per heavy atom. The second-order valence-corrected chi connectivity index (χ2v) is 11.3. The predicted octanol–water partition coefficient (Wildman–Crippen LogP) is 6.21. The molecule has 0 radical (unpaired) electrons. The molecule has 3 aromatic carbocycles. The van der Waals surface area contributed by atoms with E-state index in [-0.39, 0.29) is 29.9 Å². The van der Waals surface area contributed by atoms with Gasteiger partial charge in [0.15, 0.2) is 5.78 Å². The molecular formula is C32H27ClFN5O2. The van der Waals surface area contributed by atoms with Crippen LogP contribution in [-0.2, 0) is 6.54 Å². The monoisotopic (exact) mass is 567 g/mol. The lowest BCUT2D eigenvalue weighted by Gasteiger charge is -2.35. The quantitative estimate of drug-likeness (QED) is 0.269. The lowest BCUT2D eigenvalue weighted by molar-refractivity contribution is 0.0693. The van der Waals surface area contributed by atoms with E-state index in [9.17, 15) is 4.79 Å². The number of nitrogens with one attached hydrogen (secondary N) is 1. The van der Waals surface area contributed by atoms with Crippen molar-refractivity contribution < 1.29 is 13.9 Å². The molecule has 9 heteroatoms. The molecule has 3 N–H and O–H groups in total. The lowest BCUT2D eigenvalue weighted by atomic mass is 9.68. The third-order valence-electron chi connectivity index (χ3n) is 8.59. The Kier molecular flexibility index (Phi) is 6.32. The molecular weight excluding hydrogens is 541 g/mol. The van der Waals surface area contributed by atoms with Gasteiger partial charge in [-0.3, -0.25) is 9.79 Å². The number of nitrogens with two attached hydrogens (primary N) is 1. The van der Waals surface area contributed by atoms with Crippen molar-refractivity contribution in [2.45, 2.75) is 25.4 Å². The van der Waals surface area contributed by atoms with Gasteiger partial charge in [0.2, 0.25) is 5.95 Å². The number of methoxy groups -OCH3 is 1. The first-order valence-electron chi connectivity index (χ1n) is 13.6. The van der Waals surface area contributed by atoms with Crippen LogP contribution in [0, 0.1) is 23.6 Å². The fraction of sp³-hybridized carbons (Fsp3) is 0.250. The van der Waals surface area contributed by atoms with Crippen molar-refractivity contribution in [1.29, 1.82) is 0 Å². The summed E-state index contributed by atoms with van der Waals surface area (Å²) in [6.45, 7) is 0.248. The molecule has 3 aliphatic carbocycles. The van der Waals surface area contributed by atoms with E-state index in [1.54, 1.807) is 30.5 Å². The van der Waals surface area contributed by atoms with Gasteiger partial charge in [0.25, 0.3) is 0 Å². The van der Waals surface area contributed by atoms with Crippen molar-refractivity contribution in [2.75, 3.05) is 12.4 Å². The number of carbonyl (C=O) groups excluding carboxylic acids is 1. The van der Waals surface area contributed by atoms with Gasteiger partial charge in [-0.1, -0.05) is 23.7 Å². The van der Waals surface area contributed by atoms with Gasteiger partial charge >= 0.3 is 0 Å². The molecule has 8 rings (SSSR count). The predicted molar refractivity (Wildman–Crippen MR) is 157 cm³/mol. The minimum absolute atomic E-state index is 0.0572. The van der Waals surface area contributed by atoms with Crippen molar-refractivity contribution >= 4 is 34.7 Å². The smallest absolute Gasteiger partial charge is 0.227 e. The first-order valence-corrected chi connectivity index (χ1v) is 14.0. The number of ether oxygens (including phenoxy) is 1. The van der Waals surface area contributed by atoms with Crippen LogP contribution in [0.2, 0.25) is 5.02 Å². The first kappa shape index (κ1) is 25.8. The molecule has 4 atom stereocenters. The SMILES string of the molecule is COc1cccc(F)c1C1=NCc2cnc(Nc3ccc(C(=O)C4C5CC(N)C4C5)cc3)nc2-c2ccc(Cl)cc21. The summed E-state index contributed by atoms with van der Waals surface area (Å²) in [6, 6.07) is 17.7. The van der Waals surface area contributed by atoms with E-state index in [0.29, 0.717) is 51.1 Å². The van der Waals surface area contributed by atoms with Gasteiger partial charge in [0, 0.05) is 51.1 Å². The lowest BCUT2D eigenvalue weighted by Crippen LogP contribution is -2.39. The third kappa shape index (κ3) is 4.38. The Balaban J connectivity index is 1.19. The van der Waals surface area contributed by atoms with Gasteiger partial charge in [-0.25, -0.2) is 14.4 Å². The maximum atomic E-state index is 15.1. The molecule has 1 aliphatic heterocycles. The Morgan fingerprint density at radius 2 is 1.93 bits per heavy atom. The topological polar surface area (TPSA) is 102 Å². The average molecular weight is 568 g/mol. The maximum Gasteiger partial charge on any atom is 0.227 e. The fourth-order valence-corrected chi connectivity index (χ4v) is 6.73. The standard InChI is InChI=1S/C32H27ClFN5O2/c1-41-26-4-2-3-24(34)28(26)30-22-13-19(33)7-10-21(22)29-18(14-36-30)15-37-32(39-29)38-20-8-5-16(6-9-20)31(40)27-17-11-23(27)25(35)12-17/h2-10,13,15,17,23,25,27H,11-12,14,35H2,1H3,(H,37,38,39). The van der Waals surface area contributed by atoms with Crippen LogP contribution >= 0.6 is 11.6 Å². The van der Waals surface area contributed by atoms with Crippen LogP contribution in [0.3, 0.4) is 0 Å². The van der Waals surface area contributed by atoms with E-state index < -0.39 is 5.82 Å². The highest BCUT2D eigenvalue weighted by molar-refractivity contribution is 6.31. The van der Waals surface area contributed by atoms with Crippen molar-refractivity contribution in [2.24, 2.45) is 28.5 Å². The molecule has 2 heterocycles. The highest BCUT2D eigenvalue weighted by Crippen LogP contribution is 2.54. The molecule has 7 nitrogen and oxygen atoms in total. The highest BCUT2D eigenvalue weighted by Gasteiger charge is 2.54. The average Bonchev–Trinajstić information content (AvgIpc) is 3.46. The number of halogens is 2. The number of aromatic nitrogens is 2. The van der Waals surface area contributed by atoms with Crippen LogP contribution in [0.4, 0.5) is 16.0 Å². The van der Waals surface area contributed by atoms with E-state index in [2.05, 4.69) is 10.3 Å². The molecule has 4 unspecified atom stereocenters. The number of carbonyl (C=O) groups is 1. The zero-order valence-corrected chi connectivity index (χ0v) is 23.0. The Bertz CT molecular complexity index is 1720. The first-order chi connectivity index (χ1) is 19.9. The third-order valence-corrected chi connectivity index (χ3v) is 8.83. The number of rotatable bonds is 6. The van der Waals surface area contributed by atoms with Gasteiger partial charge < -0.3 is 15.8 Å². The summed E-state index contributed by atoms with van der Waals surface area (Å²) in [5.41, 5.74) is 11.2. The zero-order chi connectivity index (χ0) is 28.2. The largest absolute Gasteiger partial charge is 0.496 e. The van der Waals surface area contributed by atoms with Crippen LogP contribution < -0.4 is 15.8 Å². The Hall–Kier alpha value is -4.14. The van der Waals surface area contributed by atoms with Crippen LogP contribution in [-0.4, -0.2) is 34.6 Å². The van der Waals surface area contributed by atoms with Crippen molar-refractivity contribution in [3.05, 3.63) is 100.0 Å². The molecule has 0 spiro atoms. The van der Waals surface area contributed by atoms with Gasteiger partial charge in [-0.05, 0) is 73.2 Å². The molecule has 206 valence electrons. The number of benzene rings is 3. The summed E-state index contributed by atoms with van der Waals surface area (Å²) in [5.74, 6) is 1.31. The summed E-state index contributed by atoms with van der Waals surface area (Å²) >= 11 is 6.40. The number of fused-ring (bicyclic) bond motifs is 4. The van der Waals surface area contributed by atoms with E-state index in [1.165, 1.54) is 13.2 Å². The summed E-state index contributed by atoms with van der Waals surface area (Å²) in [4.78, 5) is 27.2. The fourth-order valence-electron chi connectivity index (χ4n) is 6.55. The van der Waals surface area contributed by atoms with Crippen molar-refractivity contribution in [1.82, 2.24) is 9.97 Å². The molecule has 4 aromatic rings. The van der Waals surface area contributed by atoms with Crippen LogP contribution in [0.25, 0.3) is 11.3 Å². The summed E-state index contributed by atoms with van der Waals surface area (Å²) in [5, 5.41) is 3.74. The number of anilines is 2. The minimum atomic E-state index is -0.442. The van der Waals surface area contributed by atoms with Crippen LogP contribution in [0.15, 0.2) is 71.9 Å². The Labute approximate surface area is 241 Å². The van der Waals surface area contributed by atoms with Crippen LogP contribution in [0.5, 0.6) is 5.75 Å². The second-order valence-electron chi connectivity index (χ2n) is 10.9. The van der Waals surface area contributed by atoms with Gasteiger partial charge in [-0.15, -0.1) is 0 Å². The minimum Gasteiger partial charge on any atom is -0.496 e. The summed E-state index contributed by atoms with van der Waals surface area (Å²) in [7, 11) is 1.50. The van der Waals surface area contributed by atoms with E-state index >= 15 is 4.39 Å². The number of aliphatic imine (C=N–C) groups is 1. The van der Waals surface area contributed by atoms with E-state index in [0.717, 1.165) is 29.7 Å². The second kappa shape index (κ2) is 10.0. The molecule has 4 aliphatic rings. The molecule has 41 heavy (non-hydrogen) atoms. The molecule has 0 amide bonds. The van der Waals surface area contributed by atoms with Crippen molar-refractivity contribution in [3.63, 3.8) is 0 Å². The van der Waals surface area contributed by atoms with Gasteiger partial charge in [0.1, 0.15) is 11.6 Å². The normalized spacial score (nSPS) is 22.1. The summed E-state index contributed by atoms with van der Waals surface area (Å²) in [6.07, 6.45) is 3.75. The van der Waals surface area contributed by atoms with Crippen LogP contribution in [0.1, 0.15) is 39.9 Å². The number of ketones is 1. The zero-order valence-electron chi connectivity index (χ0n) is 22.3. The number of Topliss-reactive ketones (excluding diaryl/α,β-unsaturated/α-hetero) is 1. The molecule has 3 fully saturated rings. The van der Waals surface area contributed by atoms with E-state index in [4.69, 9.17) is 32.0 Å². The van der Waals surface area contributed by atoms with E-state index in [1.807, 2.05) is 30.3 Å². The molecule has 2 bridgehead atoms. The number of hydrogen-bond acceptors (Lipinski definition) is 7. The summed E-state index contributed by atoms with van der Waals surface area (Å²) < 4.78 is 20.6. The number of hydrogen-bond donors (Lipinski definition) is 2. The molecule has 0 saturated heterocycles. The number of nitrogens with zero attached hydrogens (tertiary/aromatic N) is 3. The molecule has 1 aromatic heterocycles. The Morgan fingerprint density at radius 1 is 1.10 bits per heavy atom. The van der Waals surface area contributed by atoms with Gasteiger partial charge in [0.05, 0.1) is 30.6 Å². The highest BCUT2D eigenvalue weighted by atomic mass is 35.5. The maximum absolute atomic E-state index is 15.1. The van der Waals surface area contributed by atoms with Crippen molar-refractivity contribution in [3.8, 4) is 17.0 Å².